The van der Waals surface area contributed by atoms with E-state index in [4.69, 9.17) is 10.5 Å². The van der Waals surface area contributed by atoms with Gasteiger partial charge in [0.15, 0.2) is 0 Å². The second kappa shape index (κ2) is 8.27. The SMILES string of the molecule is CC(NC(=O)[C@@H](N)Cc1cn(Cc2ccccc2)cn1)C1CCCO1. The number of nitrogens with zero attached hydrogens (tertiary/aromatic N) is 2. The third-order valence-electron chi connectivity index (χ3n) is 4.55. The minimum atomic E-state index is -0.607. The standard InChI is InChI=1S/C19H26N4O2/c1-14(18-8-5-9-25-18)22-19(24)17(20)10-16-12-23(13-21-16)11-15-6-3-2-4-7-15/h2-4,6-7,12-14,17-18H,5,8-11,20H2,1H3,(H,22,24)/t14?,17-,18?/m0/s1. The van der Waals surface area contributed by atoms with E-state index in [0.29, 0.717) is 6.42 Å². The van der Waals surface area contributed by atoms with Crippen molar-refractivity contribution in [1.82, 2.24) is 14.9 Å². The van der Waals surface area contributed by atoms with E-state index in [1.165, 1.54) is 5.56 Å². The molecule has 0 spiro atoms. The first-order valence-electron chi connectivity index (χ1n) is 8.84. The van der Waals surface area contributed by atoms with Crippen LogP contribution in [0.4, 0.5) is 0 Å². The Morgan fingerprint density at radius 1 is 1.44 bits per heavy atom. The molecule has 0 radical (unpaired) electrons. The summed E-state index contributed by atoms with van der Waals surface area (Å²) < 4.78 is 7.61. The molecular weight excluding hydrogens is 316 g/mol. The molecule has 0 saturated carbocycles. The van der Waals surface area contributed by atoms with Gasteiger partial charge in [0.05, 0.1) is 30.2 Å². The average Bonchev–Trinajstić information content (AvgIpc) is 3.28. The van der Waals surface area contributed by atoms with Crippen molar-refractivity contribution in [2.45, 2.75) is 50.9 Å². The number of hydrogen-bond donors (Lipinski definition) is 2. The number of hydrogen-bond acceptors (Lipinski definition) is 4. The van der Waals surface area contributed by atoms with E-state index < -0.39 is 6.04 Å². The van der Waals surface area contributed by atoms with Crippen LogP contribution in [0.2, 0.25) is 0 Å². The van der Waals surface area contributed by atoms with E-state index in [1.807, 2.05) is 35.9 Å². The Hall–Kier alpha value is -2.18. The summed E-state index contributed by atoms with van der Waals surface area (Å²) in [5.74, 6) is -0.152. The molecule has 3 N–H and O–H groups in total. The Morgan fingerprint density at radius 3 is 2.96 bits per heavy atom. The molecule has 3 atom stereocenters. The summed E-state index contributed by atoms with van der Waals surface area (Å²) in [4.78, 5) is 16.7. The van der Waals surface area contributed by atoms with Crippen molar-refractivity contribution in [2.75, 3.05) is 6.61 Å². The number of rotatable bonds is 7. The Labute approximate surface area is 148 Å². The molecule has 2 heterocycles. The highest BCUT2D eigenvalue weighted by Gasteiger charge is 2.25. The highest BCUT2D eigenvalue weighted by Crippen LogP contribution is 2.15. The van der Waals surface area contributed by atoms with Gasteiger partial charge in [0.25, 0.3) is 0 Å². The third-order valence-corrected chi connectivity index (χ3v) is 4.55. The van der Waals surface area contributed by atoms with E-state index >= 15 is 0 Å². The maximum atomic E-state index is 12.3. The topological polar surface area (TPSA) is 82.2 Å². The van der Waals surface area contributed by atoms with E-state index in [2.05, 4.69) is 22.4 Å². The lowest BCUT2D eigenvalue weighted by Gasteiger charge is -2.21. The molecule has 1 aromatic carbocycles. The number of carbonyl (C=O) groups is 1. The zero-order valence-electron chi connectivity index (χ0n) is 14.6. The number of amides is 1. The van der Waals surface area contributed by atoms with Gasteiger partial charge in [-0.1, -0.05) is 30.3 Å². The molecule has 1 fully saturated rings. The summed E-state index contributed by atoms with van der Waals surface area (Å²) in [7, 11) is 0. The Bertz CT molecular complexity index is 680. The van der Waals surface area contributed by atoms with Gasteiger partial charge in [0.1, 0.15) is 0 Å². The van der Waals surface area contributed by atoms with Gasteiger partial charge in [-0.05, 0) is 25.3 Å². The lowest BCUT2D eigenvalue weighted by Crippen LogP contribution is -2.49. The van der Waals surface area contributed by atoms with Crippen LogP contribution in [0.25, 0.3) is 0 Å². The number of benzene rings is 1. The van der Waals surface area contributed by atoms with Gasteiger partial charge in [-0.2, -0.15) is 0 Å². The van der Waals surface area contributed by atoms with Crippen molar-refractivity contribution in [3.05, 3.63) is 54.1 Å². The van der Waals surface area contributed by atoms with Gasteiger partial charge >= 0.3 is 0 Å². The predicted octanol–water partition coefficient (Wildman–Crippen LogP) is 1.48. The fraction of sp³-hybridized carbons (Fsp3) is 0.474. The molecule has 1 aliphatic heterocycles. The van der Waals surface area contributed by atoms with E-state index in [1.54, 1.807) is 6.33 Å². The number of ether oxygens (including phenoxy) is 1. The van der Waals surface area contributed by atoms with Crippen LogP contribution in [-0.2, 0) is 22.5 Å². The summed E-state index contributed by atoms with van der Waals surface area (Å²) in [5, 5.41) is 2.96. The second-order valence-corrected chi connectivity index (χ2v) is 6.68. The van der Waals surface area contributed by atoms with E-state index in [9.17, 15) is 4.79 Å². The van der Waals surface area contributed by atoms with Crippen molar-refractivity contribution in [1.29, 1.82) is 0 Å². The summed E-state index contributed by atoms with van der Waals surface area (Å²) >= 11 is 0. The molecule has 1 aromatic heterocycles. The predicted molar refractivity (Wildman–Crippen MR) is 96.0 cm³/mol. The first-order valence-corrected chi connectivity index (χ1v) is 8.84. The van der Waals surface area contributed by atoms with Crippen LogP contribution in [0.1, 0.15) is 31.0 Å². The molecule has 134 valence electrons. The van der Waals surface area contributed by atoms with Crippen molar-refractivity contribution in [3.63, 3.8) is 0 Å². The maximum absolute atomic E-state index is 12.3. The molecule has 2 unspecified atom stereocenters. The Balaban J connectivity index is 1.50. The van der Waals surface area contributed by atoms with Crippen molar-refractivity contribution in [2.24, 2.45) is 5.73 Å². The molecule has 6 heteroatoms. The summed E-state index contributed by atoms with van der Waals surface area (Å²) in [5.41, 5.74) is 8.09. The zero-order valence-corrected chi connectivity index (χ0v) is 14.6. The number of imidazole rings is 1. The van der Waals surface area contributed by atoms with E-state index in [-0.39, 0.29) is 18.1 Å². The quantitative estimate of drug-likeness (QED) is 0.799. The monoisotopic (exact) mass is 342 g/mol. The van der Waals surface area contributed by atoms with Crippen LogP contribution in [0.5, 0.6) is 0 Å². The molecule has 2 aromatic rings. The second-order valence-electron chi connectivity index (χ2n) is 6.68. The molecule has 1 amide bonds. The number of aromatic nitrogens is 2. The zero-order chi connectivity index (χ0) is 17.6. The highest BCUT2D eigenvalue weighted by molar-refractivity contribution is 5.82. The molecule has 1 saturated heterocycles. The first kappa shape index (κ1) is 17.6. The van der Waals surface area contributed by atoms with E-state index in [0.717, 1.165) is 31.7 Å². The van der Waals surface area contributed by atoms with Gasteiger partial charge in [0, 0.05) is 25.8 Å². The van der Waals surface area contributed by atoms with Gasteiger partial charge in [-0.15, -0.1) is 0 Å². The normalized spacial score (nSPS) is 19.5. The van der Waals surface area contributed by atoms with Crippen LogP contribution < -0.4 is 11.1 Å². The minimum Gasteiger partial charge on any atom is -0.376 e. The first-order chi connectivity index (χ1) is 12.1. The third kappa shape index (κ3) is 4.90. The Kier molecular flexibility index (Phi) is 5.83. The molecule has 6 nitrogen and oxygen atoms in total. The fourth-order valence-corrected chi connectivity index (χ4v) is 3.13. The van der Waals surface area contributed by atoms with Gasteiger partial charge in [-0.3, -0.25) is 4.79 Å². The van der Waals surface area contributed by atoms with Crippen LogP contribution in [-0.4, -0.2) is 40.3 Å². The van der Waals surface area contributed by atoms with Crippen molar-refractivity contribution in [3.8, 4) is 0 Å². The van der Waals surface area contributed by atoms with Crippen molar-refractivity contribution >= 4 is 5.91 Å². The summed E-state index contributed by atoms with van der Waals surface area (Å²) in [6.07, 6.45) is 6.29. The smallest absolute Gasteiger partial charge is 0.237 e. The molecule has 0 bridgehead atoms. The lowest BCUT2D eigenvalue weighted by atomic mass is 10.1. The number of nitrogens with one attached hydrogen (secondary N) is 1. The number of nitrogens with two attached hydrogens (primary N) is 1. The molecule has 1 aliphatic rings. The molecule has 25 heavy (non-hydrogen) atoms. The minimum absolute atomic E-state index is 0.0170. The average molecular weight is 342 g/mol. The van der Waals surface area contributed by atoms with Crippen LogP contribution in [0, 0.1) is 0 Å². The molecule has 3 rings (SSSR count). The summed E-state index contributed by atoms with van der Waals surface area (Å²) in [6, 6.07) is 9.56. The van der Waals surface area contributed by atoms with Crippen molar-refractivity contribution < 1.29 is 9.53 Å². The van der Waals surface area contributed by atoms with Gasteiger partial charge in [0.2, 0.25) is 5.91 Å². The maximum Gasteiger partial charge on any atom is 0.237 e. The largest absolute Gasteiger partial charge is 0.376 e. The molecule has 0 aliphatic carbocycles. The van der Waals surface area contributed by atoms with Gasteiger partial charge < -0.3 is 20.4 Å². The lowest BCUT2D eigenvalue weighted by molar-refractivity contribution is -0.123. The number of carbonyl (C=O) groups excluding carboxylic acids is 1. The Morgan fingerprint density at radius 2 is 2.24 bits per heavy atom. The molecular formula is C19H26N4O2. The van der Waals surface area contributed by atoms with Crippen LogP contribution >= 0.6 is 0 Å². The highest BCUT2D eigenvalue weighted by atomic mass is 16.5. The van der Waals surface area contributed by atoms with Crippen LogP contribution in [0.3, 0.4) is 0 Å². The fourth-order valence-electron chi connectivity index (χ4n) is 3.13. The van der Waals surface area contributed by atoms with Crippen LogP contribution in [0.15, 0.2) is 42.9 Å². The van der Waals surface area contributed by atoms with Gasteiger partial charge in [-0.25, -0.2) is 4.98 Å². The summed E-state index contributed by atoms with van der Waals surface area (Å²) in [6.45, 7) is 3.50.